The first-order valence-corrected chi connectivity index (χ1v) is 7.14. The van der Waals surface area contributed by atoms with Gasteiger partial charge in [0, 0.05) is 13.0 Å². The first-order valence-electron chi connectivity index (χ1n) is 7.14. The molecule has 100 valence electrons. The van der Waals surface area contributed by atoms with Crippen molar-refractivity contribution >= 4 is 0 Å². The molecular formula is C16H24O2. The molecule has 2 atom stereocenters. The van der Waals surface area contributed by atoms with E-state index < -0.39 is 0 Å². The number of ether oxygens (including phenoxy) is 2. The third kappa shape index (κ3) is 3.74. The summed E-state index contributed by atoms with van der Waals surface area (Å²) < 4.78 is 11.3. The molecular weight excluding hydrogens is 224 g/mol. The molecule has 1 saturated heterocycles. The van der Waals surface area contributed by atoms with Gasteiger partial charge < -0.3 is 9.47 Å². The van der Waals surface area contributed by atoms with E-state index in [-0.39, 0.29) is 0 Å². The van der Waals surface area contributed by atoms with E-state index in [1.165, 1.54) is 24.8 Å². The summed E-state index contributed by atoms with van der Waals surface area (Å²) in [7, 11) is 0. The summed E-state index contributed by atoms with van der Waals surface area (Å²) in [6.45, 7) is 6.16. The van der Waals surface area contributed by atoms with Crippen LogP contribution in [-0.2, 0) is 4.74 Å². The van der Waals surface area contributed by atoms with Crippen molar-refractivity contribution in [3.63, 3.8) is 0 Å². The molecule has 2 rings (SSSR count). The molecule has 0 bridgehead atoms. The molecule has 2 heteroatoms. The van der Waals surface area contributed by atoms with Gasteiger partial charge in [-0.1, -0.05) is 26.0 Å². The number of benzene rings is 1. The van der Waals surface area contributed by atoms with Gasteiger partial charge >= 0.3 is 0 Å². The predicted octanol–water partition coefficient (Wildman–Crippen LogP) is 4.15. The van der Waals surface area contributed by atoms with E-state index in [1.54, 1.807) is 0 Å². The highest BCUT2D eigenvalue weighted by molar-refractivity contribution is 5.29. The van der Waals surface area contributed by atoms with E-state index in [0.29, 0.717) is 12.0 Å². The first-order chi connectivity index (χ1) is 8.79. The minimum Gasteiger partial charge on any atom is -0.493 e. The van der Waals surface area contributed by atoms with Gasteiger partial charge in [0.2, 0.25) is 0 Å². The number of hydrogen-bond acceptors (Lipinski definition) is 2. The van der Waals surface area contributed by atoms with Gasteiger partial charge in [0.05, 0.1) is 12.7 Å². The molecule has 1 aromatic rings. The third-order valence-electron chi connectivity index (χ3n) is 3.79. The average molecular weight is 248 g/mol. The molecule has 0 spiro atoms. The van der Waals surface area contributed by atoms with Gasteiger partial charge in [0.15, 0.2) is 0 Å². The van der Waals surface area contributed by atoms with Crippen LogP contribution in [0.5, 0.6) is 5.75 Å². The topological polar surface area (TPSA) is 18.5 Å². The van der Waals surface area contributed by atoms with Gasteiger partial charge in [-0.05, 0) is 42.9 Å². The molecule has 2 unspecified atom stereocenters. The summed E-state index contributed by atoms with van der Waals surface area (Å²) in [6.07, 6.45) is 5.00. The summed E-state index contributed by atoms with van der Waals surface area (Å²) in [5.74, 6) is 1.60. The monoisotopic (exact) mass is 248 g/mol. The van der Waals surface area contributed by atoms with Gasteiger partial charge in [-0.15, -0.1) is 0 Å². The molecule has 0 saturated carbocycles. The van der Waals surface area contributed by atoms with E-state index in [2.05, 4.69) is 38.1 Å². The summed E-state index contributed by atoms with van der Waals surface area (Å²) in [4.78, 5) is 0. The Bertz CT molecular complexity index is 339. The SMILES string of the molecule is CCC(C)c1ccc(OCCC2CCCO2)cc1. The number of rotatable bonds is 6. The van der Waals surface area contributed by atoms with Crippen molar-refractivity contribution in [3.05, 3.63) is 29.8 Å². The molecule has 1 heterocycles. The van der Waals surface area contributed by atoms with E-state index in [9.17, 15) is 0 Å². The molecule has 0 aliphatic carbocycles. The van der Waals surface area contributed by atoms with Crippen LogP contribution in [0.4, 0.5) is 0 Å². The van der Waals surface area contributed by atoms with Crippen LogP contribution in [0.2, 0.25) is 0 Å². The Morgan fingerprint density at radius 3 is 2.72 bits per heavy atom. The van der Waals surface area contributed by atoms with E-state index in [4.69, 9.17) is 9.47 Å². The highest BCUT2D eigenvalue weighted by Gasteiger charge is 2.14. The molecule has 1 aliphatic heterocycles. The molecule has 0 radical (unpaired) electrons. The summed E-state index contributed by atoms with van der Waals surface area (Å²) in [5.41, 5.74) is 1.39. The van der Waals surface area contributed by atoms with E-state index >= 15 is 0 Å². The molecule has 2 nitrogen and oxygen atoms in total. The van der Waals surface area contributed by atoms with Crippen molar-refractivity contribution < 1.29 is 9.47 Å². The summed E-state index contributed by atoms with van der Waals surface area (Å²) >= 11 is 0. The largest absolute Gasteiger partial charge is 0.493 e. The standard InChI is InChI=1S/C16H24O2/c1-3-13(2)14-6-8-16(9-7-14)18-12-10-15-5-4-11-17-15/h6-9,13,15H,3-5,10-12H2,1-2H3. The zero-order valence-electron chi connectivity index (χ0n) is 11.5. The van der Waals surface area contributed by atoms with Crippen LogP contribution >= 0.6 is 0 Å². The fourth-order valence-corrected chi connectivity index (χ4v) is 2.31. The molecule has 18 heavy (non-hydrogen) atoms. The Morgan fingerprint density at radius 1 is 1.33 bits per heavy atom. The Morgan fingerprint density at radius 2 is 2.11 bits per heavy atom. The minimum absolute atomic E-state index is 0.421. The fourth-order valence-electron chi connectivity index (χ4n) is 2.31. The number of hydrogen-bond donors (Lipinski definition) is 0. The van der Waals surface area contributed by atoms with Crippen molar-refractivity contribution in [3.8, 4) is 5.75 Å². The molecule has 0 N–H and O–H groups in total. The van der Waals surface area contributed by atoms with Crippen LogP contribution in [-0.4, -0.2) is 19.3 Å². The third-order valence-corrected chi connectivity index (χ3v) is 3.79. The lowest BCUT2D eigenvalue weighted by Crippen LogP contribution is -2.10. The maximum atomic E-state index is 5.76. The van der Waals surface area contributed by atoms with Gasteiger partial charge in [-0.3, -0.25) is 0 Å². The Balaban J connectivity index is 1.75. The Kier molecular flexibility index (Phi) is 5.06. The van der Waals surface area contributed by atoms with Crippen LogP contribution in [0.3, 0.4) is 0 Å². The molecule has 1 fully saturated rings. The smallest absolute Gasteiger partial charge is 0.119 e. The quantitative estimate of drug-likeness (QED) is 0.753. The lowest BCUT2D eigenvalue weighted by Gasteiger charge is -2.12. The first kappa shape index (κ1) is 13.4. The van der Waals surface area contributed by atoms with Crippen molar-refractivity contribution in [2.75, 3.05) is 13.2 Å². The van der Waals surface area contributed by atoms with Crippen molar-refractivity contribution in [2.24, 2.45) is 0 Å². The van der Waals surface area contributed by atoms with Crippen molar-refractivity contribution in [2.45, 2.75) is 51.6 Å². The molecule has 1 aromatic carbocycles. The summed E-state index contributed by atoms with van der Waals surface area (Å²) in [5, 5.41) is 0. The van der Waals surface area contributed by atoms with Crippen LogP contribution in [0.25, 0.3) is 0 Å². The van der Waals surface area contributed by atoms with E-state index in [1.807, 2.05) is 0 Å². The van der Waals surface area contributed by atoms with Crippen molar-refractivity contribution in [1.82, 2.24) is 0 Å². The van der Waals surface area contributed by atoms with Crippen LogP contribution < -0.4 is 4.74 Å². The average Bonchev–Trinajstić information content (AvgIpc) is 2.92. The fraction of sp³-hybridized carbons (Fsp3) is 0.625. The highest BCUT2D eigenvalue weighted by Crippen LogP contribution is 2.22. The second-order valence-electron chi connectivity index (χ2n) is 5.15. The Hall–Kier alpha value is -1.02. The lowest BCUT2D eigenvalue weighted by atomic mass is 9.99. The zero-order valence-corrected chi connectivity index (χ0v) is 11.5. The summed E-state index contributed by atoms with van der Waals surface area (Å²) in [6, 6.07) is 8.51. The lowest BCUT2D eigenvalue weighted by molar-refractivity contribution is 0.0903. The van der Waals surface area contributed by atoms with Crippen LogP contribution in [0, 0.1) is 0 Å². The van der Waals surface area contributed by atoms with Gasteiger partial charge in [0.1, 0.15) is 5.75 Å². The van der Waals surface area contributed by atoms with Crippen molar-refractivity contribution in [1.29, 1.82) is 0 Å². The predicted molar refractivity (Wildman–Crippen MR) is 74.2 cm³/mol. The molecule has 0 amide bonds. The van der Waals surface area contributed by atoms with Gasteiger partial charge in [0.25, 0.3) is 0 Å². The maximum Gasteiger partial charge on any atom is 0.119 e. The zero-order chi connectivity index (χ0) is 12.8. The van der Waals surface area contributed by atoms with E-state index in [0.717, 1.165) is 25.4 Å². The van der Waals surface area contributed by atoms with Gasteiger partial charge in [-0.25, -0.2) is 0 Å². The Labute approximate surface area is 110 Å². The highest BCUT2D eigenvalue weighted by atomic mass is 16.5. The normalized spacial score (nSPS) is 20.9. The molecule has 1 aliphatic rings. The second kappa shape index (κ2) is 6.79. The van der Waals surface area contributed by atoms with Crippen LogP contribution in [0.1, 0.15) is 51.0 Å². The second-order valence-corrected chi connectivity index (χ2v) is 5.15. The molecule has 0 aromatic heterocycles. The van der Waals surface area contributed by atoms with Gasteiger partial charge in [-0.2, -0.15) is 0 Å². The maximum absolute atomic E-state index is 5.76. The van der Waals surface area contributed by atoms with Crippen LogP contribution in [0.15, 0.2) is 24.3 Å². The minimum atomic E-state index is 0.421.